The summed E-state index contributed by atoms with van der Waals surface area (Å²) < 4.78 is 0. The van der Waals surface area contributed by atoms with Crippen LogP contribution in [-0.2, 0) is 0 Å². The van der Waals surface area contributed by atoms with Crippen LogP contribution in [0.3, 0.4) is 0 Å². The summed E-state index contributed by atoms with van der Waals surface area (Å²) >= 11 is 0. The summed E-state index contributed by atoms with van der Waals surface area (Å²) in [6, 6.07) is 0. The molecule has 1 saturated carbocycles. The number of rotatable bonds is 6. The van der Waals surface area contributed by atoms with Crippen LogP contribution >= 0.6 is 0 Å². The molecule has 2 aliphatic rings. The van der Waals surface area contributed by atoms with Gasteiger partial charge in [0.15, 0.2) is 0 Å². The fraction of sp³-hybridized carbons (Fsp3) is 1.00. The van der Waals surface area contributed by atoms with E-state index in [1.807, 2.05) is 0 Å². The normalized spacial score (nSPS) is 27.0. The van der Waals surface area contributed by atoms with Crippen LogP contribution in [0.4, 0.5) is 0 Å². The molecular formula is C14H28N2. The Morgan fingerprint density at radius 1 is 1.06 bits per heavy atom. The van der Waals surface area contributed by atoms with Crippen molar-refractivity contribution in [3.05, 3.63) is 0 Å². The lowest BCUT2D eigenvalue weighted by atomic mass is 9.85. The van der Waals surface area contributed by atoms with E-state index in [-0.39, 0.29) is 0 Å². The van der Waals surface area contributed by atoms with Gasteiger partial charge >= 0.3 is 0 Å². The average Bonchev–Trinajstić information content (AvgIpc) is 2.25. The topological polar surface area (TPSA) is 15.3 Å². The maximum Gasteiger partial charge on any atom is 0.00219 e. The van der Waals surface area contributed by atoms with E-state index in [4.69, 9.17) is 0 Å². The fourth-order valence-corrected chi connectivity index (χ4v) is 3.06. The second kappa shape index (κ2) is 6.61. The Morgan fingerprint density at radius 2 is 1.81 bits per heavy atom. The van der Waals surface area contributed by atoms with Gasteiger partial charge in [-0.2, -0.15) is 0 Å². The minimum atomic E-state index is 0.917. The molecule has 0 aromatic rings. The molecule has 0 spiro atoms. The Hall–Kier alpha value is -0.0800. The first-order chi connectivity index (χ1) is 7.88. The SMILES string of the molecule is CCCN(CC1CCC1)CC1CCCNC1. The minimum absolute atomic E-state index is 0.917. The Balaban J connectivity index is 1.71. The van der Waals surface area contributed by atoms with Crippen LogP contribution in [0.2, 0.25) is 0 Å². The third kappa shape index (κ3) is 3.74. The highest BCUT2D eigenvalue weighted by atomic mass is 15.1. The van der Waals surface area contributed by atoms with Gasteiger partial charge in [0.2, 0.25) is 0 Å². The van der Waals surface area contributed by atoms with Crippen LogP contribution in [0, 0.1) is 11.8 Å². The number of hydrogen-bond acceptors (Lipinski definition) is 2. The summed E-state index contributed by atoms with van der Waals surface area (Å²) in [6.07, 6.45) is 8.60. The van der Waals surface area contributed by atoms with Gasteiger partial charge in [0, 0.05) is 13.1 Å². The number of nitrogens with one attached hydrogen (secondary N) is 1. The quantitative estimate of drug-likeness (QED) is 0.746. The largest absolute Gasteiger partial charge is 0.316 e. The summed E-state index contributed by atoms with van der Waals surface area (Å²) in [7, 11) is 0. The molecule has 1 atom stereocenters. The van der Waals surface area contributed by atoms with Crippen LogP contribution in [0.25, 0.3) is 0 Å². The molecule has 0 aromatic heterocycles. The van der Waals surface area contributed by atoms with Crippen molar-refractivity contribution in [2.24, 2.45) is 11.8 Å². The third-order valence-electron chi connectivity index (χ3n) is 4.20. The van der Waals surface area contributed by atoms with E-state index in [9.17, 15) is 0 Å². The monoisotopic (exact) mass is 224 g/mol. The summed E-state index contributed by atoms with van der Waals surface area (Å²) in [5.74, 6) is 1.95. The van der Waals surface area contributed by atoms with Crippen molar-refractivity contribution >= 4 is 0 Å². The van der Waals surface area contributed by atoms with E-state index in [0.717, 1.165) is 11.8 Å². The van der Waals surface area contributed by atoms with Gasteiger partial charge in [0.25, 0.3) is 0 Å². The van der Waals surface area contributed by atoms with Crippen LogP contribution in [0.1, 0.15) is 45.4 Å². The molecule has 1 unspecified atom stereocenters. The predicted octanol–water partition coefficient (Wildman–Crippen LogP) is 2.50. The second-order valence-corrected chi connectivity index (χ2v) is 5.77. The highest BCUT2D eigenvalue weighted by Gasteiger charge is 2.22. The fourth-order valence-electron chi connectivity index (χ4n) is 3.06. The van der Waals surface area contributed by atoms with Gasteiger partial charge in [-0.25, -0.2) is 0 Å². The lowest BCUT2D eigenvalue weighted by Gasteiger charge is -2.35. The van der Waals surface area contributed by atoms with Gasteiger partial charge in [-0.3, -0.25) is 0 Å². The Bertz CT molecular complexity index is 183. The highest BCUT2D eigenvalue weighted by Crippen LogP contribution is 2.27. The zero-order chi connectivity index (χ0) is 11.2. The van der Waals surface area contributed by atoms with Crippen LogP contribution in [0.15, 0.2) is 0 Å². The molecule has 94 valence electrons. The van der Waals surface area contributed by atoms with Gasteiger partial charge in [-0.1, -0.05) is 13.3 Å². The van der Waals surface area contributed by atoms with E-state index < -0.39 is 0 Å². The van der Waals surface area contributed by atoms with Crippen LogP contribution in [0.5, 0.6) is 0 Å². The van der Waals surface area contributed by atoms with Crippen molar-refractivity contribution in [1.82, 2.24) is 10.2 Å². The van der Waals surface area contributed by atoms with E-state index >= 15 is 0 Å². The molecule has 2 fully saturated rings. The molecule has 16 heavy (non-hydrogen) atoms. The zero-order valence-corrected chi connectivity index (χ0v) is 10.9. The van der Waals surface area contributed by atoms with Crippen molar-refractivity contribution in [1.29, 1.82) is 0 Å². The molecule has 1 aliphatic carbocycles. The van der Waals surface area contributed by atoms with Crippen LogP contribution in [-0.4, -0.2) is 37.6 Å². The molecular weight excluding hydrogens is 196 g/mol. The van der Waals surface area contributed by atoms with Gasteiger partial charge in [-0.05, 0) is 63.6 Å². The zero-order valence-electron chi connectivity index (χ0n) is 10.9. The molecule has 2 heteroatoms. The molecule has 2 nitrogen and oxygen atoms in total. The molecule has 0 bridgehead atoms. The highest BCUT2D eigenvalue weighted by molar-refractivity contribution is 4.77. The summed E-state index contributed by atoms with van der Waals surface area (Å²) in [4.78, 5) is 2.74. The molecule has 2 rings (SSSR count). The summed E-state index contributed by atoms with van der Waals surface area (Å²) in [6.45, 7) is 8.85. The molecule has 1 heterocycles. The Morgan fingerprint density at radius 3 is 2.38 bits per heavy atom. The molecule has 0 amide bonds. The molecule has 1 aliphatic heterocycles. The van der Waals surface area contributed by atoms with Crippen molar-refractivity contribution in [2.45, 2.75) is 45.4 Å². The molecule has 0 aromatic carbocycles. The van der Waals surface area contributed by atoms with Gasteiger partial charge in [0.1, 0.15) is 0 Å². The third-order valence-corrected chi connectivity index (χ3v) is 4.20. The standard InChI is InChI=1S/C14H28N2/c1-2-9-16(11-13-5-3-6-13)12-14-7-4-8-15-10-14/h13-15H,2-12H2,1H3. The van der Waals surface area contributed by atoms with Crippen molar-refractivity contribution < 1.29 is 0 Å². The van der Waals surface area contributed by atoms with Crippen molar-refractivity contribution in [3.63, 3.8) is 0 Å². The molecule has 0 radical (unpaired) electrons. The predicted molar refractivity (Wildman–Crippen MR) is 69.7 cm³/mol. The Labute approximate surface area is 101 Å². The van der Waals surface area contributed by atoms with E-state index in [1.54, 1.807) is 0 Å². The van der Waals surface area contributed by atoms with E-state index in [2.05, 4.69) is 17.1 Å². The number of hydrogen-bond donors (Lipinski definition) is 1. The maximum absolute atomic E-state index is 3.54. The van der Waals surface area contributed by atoms with Gasteiger partial charge < -0.3 is 10.2 Å². The van der Waals surface area contributed by atoms with Crippen molar-refractivity contribution in [3.8, 4) is 0 Å². The van der Waals surface area contributed by atoms with Crippen LogP contribution < -0.4 is 5.32 Å². The van der Waals surface area contributed by atoms with Crippen molar-refractivity contribution in [2.75, 3.05) is 32.7 Å². The average molecular weight is 224 g/mol. The first-order valence-corrected chi connectivity index (χ1v) is 7.31. The molecule has 1 saturated heterocycles. The molecule has 1 N–H and O–H groups in total. The summed E-state index contributed by atoms with van der Waals surface area (Å²) in [5.41, 5.74) is 0. The number of nitrogens with zero attached hydrogens (tertiary/aromatic N) is 1. The van der Waals surface area contributed by atoms with Gasteiger partial charge in [0.05, 0.1) is 0 Å². The van der Waals surface area contributed by atoms with E-state index in [0.29, 0.717) is 0 Å². The smallest absolute Gasteiger partial charge is 0.00219 e. The lowest BCUT2D eigenvalue weighted by molar-refractivity contribution is 0.148. The van der Waals surface area contributed by atoms with Gasteiger partial charge in [-0.15, -0.1) is 0 Å². The summed E-state index contributed by atoms with van der Waals surface area (Å²) in [5, 5.41) is 3.54. The number of piperidine rings is 1. The first kappa shape index (κ1) is 12.4. The lowest BCUT2D eigenvalue weighted by Crippen LogP contribution is -2.41. The Kier molecular flexibility index (Phi) is 5.11. The van der Waals surface area contributed by atoms with E-state index in [1.165, 1.54) is 71.2 Å². The minimum Gasteiger partial charge on any atom is -0.316 e. The second-order valence-electron chi connectivity index (χ2n) is 5.77. The first-order valence-electron chi connectivity index (χ1n) is 7.31. The maximum atomic E-state index is 3.54.